The number of aliphatic carboxylic acids is 1. The first-order valence-electron chi connectivity index (χ1n) is 10.3. The maximum atomic E-state index is 15.0. The zero-order valence-electron chi connectivity index (χ0n) is 17.8. The number of rotatable bonds is 4. The van der Waals surface area contributed by atoms with Crippen LogP contribution in [-0.4, -0.2) is 56.8 Å². The molecule has 0 unspecified atom stereocenters. The molecule has 2 N–H and O–H groups in total. The topological polar surface area (TPSA) is 108 Å². The average molecular weight is 451 g/mol. The van der Waals surface area contributed by atoms with Crippen LogP contribution in [0.2, 0.25) is 0 Å². The minimum Gasteiger partial charge on any atom is -0.480 e. The minimum atomic E-state index is -1.16. The van der Waals surface area contributed by atoms with Crippen LogP contribution < -0.4 is 10.2 Å². The number of halogens is 1. The van der Waals surface area contributed by atoms with E-state index in [0.29, 0.717) is 16.9 Å². The molecule has 0 aliphatic carbocycles. The fourth-order valence-electron chi connectivity index (χ4n) is 3.81. The third kappa shape index (κ3) is 4.54. The first-order chi connectivity index (χ1) is 15.8. The molecule has 9 nitrogen and oxygen atoms in total. The van der Waals surface area contributed by atoms with Crippen molar-refractivity contribution in [1.29, 1.82) is 0 Å². The molecule has 0 bridgehead atoms. The summed E-state index contributed by atoms with van der Waals surface area (Å²) < 4.78 is 16.5. The second-order valence-electron chi connectivity index (χ2n) is 7.69. The summed E-state index contributed by atoms with van der Waals surface area (Å²) in [5, 5.41) is 15.3. The molecule has 33 heavy (non-hydrogen) atoms. The number of urea groups is 1. The monoisotopic (exact) mass is 451 g/mol. The number of nitrogens with one attached hydrogen (secondary N) is 1. The fourth-order valence-corrected chi connectivity index (χ4v) is 3.81. The van der Waals surface area contributed by atoms with Crippen LogP contribution in [0.5, 0.6) is 0 Å². The third-order valence-corrected chi connectivity index (χ3v) is 5.45. The van der Waals surface area contributed by atoms with E-state index in [4.69, 9.17) is 5.11 Å². The van der Waals surface area contributed by atoms with Gasteiger partial charge in [0, 0.05) is 43.3 Å². The Bertz CT molecular complexity index is 1200. The number of carbonyl (C=O) groups is 3. The summed E-state index contributed by atoms with van der Waals surface area (Å²) in [6.07, 6.45) is 3.25. The van der Waals surface area contributed by atoms with Crippen molar-refractivity contribution >= 4 is 23.6 Å². The van der Waals surface area contributed by atoms with Crippen molar-refractivity contribution in [1.82, 2.24) is 20.0 Å². The predicted molar refractivity (Wildman–Crippen MR) is 118 cm³/mol. The quantitative estimate of drug-likeness (QED) is 0.634. The molecule has 0 spiro atoms. The number of hydrogen-bond donors (Lipinski definition) is 2. The molecule has 0 saturated heterocycles. The van der Waals surface area contributed by atoms with Crippen LogP contribution >= 0.6 is 0 Å². The highest BCUT2D eigenvalue weighted by Gasteiger charge is 2.32. The lowest BCUT2D eigenvalue weighted by atomic mass is 10.1. The molecule has 0 saturated carbocycles. The van der Waals surface area contributed by atoms with Crippen LogP contribution in [-0.2, 0) is 11.3 Å². The van der Waals surface area contributed by atoms with E-state index in [1.807, 2.05) is 0 Å². The molecular weight excluding hydrogens is 429 g/mol. The Morgan fingerprint density at radius 2 is 1.97 bits per heavy atom. The smallest absolute Gasteiger partial charge is 0.323 e. The SMILES string of the molecule is C[C@@H]1CN(C(=O)c2ccc(-n3cccn3)cc2F)c2ccccc2CN1C(=O)NCC(=O)O. The van der Waals surface area contributed by atoms with E-state index in [0.717, 1.165) is 0 Å². The molecule has 3 aromatic rings. The number of carboxylic acids is 1. The molecule has 3 amide bonds. The van der Waals surface area contributed by atoms with E-state index in [-0.39, 0.29) is 18.7 Å². The second kappa shape index (κ2) is 9.11. The average Bonchev–Trinajstić information content (AvgIpc) is 3.29. The van der Waals surface area contributed by atoms with Crippen molar-refractivity contribution in [3.8, 4) is 5.69 Å². The highest BCUT2D eigenvalue weighted by molar-refractivity contribution is 6.07. The number of carboxylic acid groups (broad SMARTS) is 1. The molecule has 2 aromatic carbocycles. The van der Waals surface area contributed by atoms with Crippen molar-refractivity contribution in [2.24, 2.45) is 0 Å². The van der Waals surface area contributed by atoms with Crippen LogP contribution in [0.15, 0.2) is 60.9 Å². The van der Waals surface area contributed by atoms with Crippen molar-refractivity contribution in [2.75, 3.05) is 18.0 Å². The Labute approximate surface area is 189 Å². The summed E-state index contributed by atoms with van der Waals surface area (Å²) in [4.78, 5) is 39.8. The number of benzene rings is 2. The minimum absolute atomic E-state index is 0.100. The largest absolute Gasteiger partial charge is 0.480 e. The lowest BCUT2D eigenvalue weighted by Crippen LogP contribution is -2.49. The van der Waals surface area contributed by atoms with Gasteiger partial charge in [-0.15, -0.1) is 0 Å². The van der Waals surface area contributed by atoms with Crippen LogP contribution in [0, 0.1) is 5.82 Å². The van der Waals surface area contributed by atoms with Gasteiger partial charge in [-0.05, 0) is 36.8 Å². The zero-order chi connectivity index (χ0) is 23.5. The summed E-state index contributed by atoms with van der Waals surface area (Å²) in [6, 6.07) is 12.1. The van der Waals surface area contributed by atoms with E-state index in [2.05, 4.69) is 10.4 Å². The Balaban J connectivity index is 1.64. The summed E-state index contributed by atoms with van der Waals surface area (Å²) in [7, 11) is 0. The molecule has 1 aliphatic heterocycles. The zero-order valence-corrected chi connectivity index (χ0v) is 17.8. The number of fused-ring (bicyclic) bond motifs is 1. The fraction of sp³-hybridized carbons (Fsp3) is 0.217. The van der Waals surface area contributed by atoms with E-state index in [1.54, 1.807) is 55.7 Å². The lowest BCUT2D eigenvalue weighted by molar-refractivity contribution is -0.135. The molecule has 1 aliphatic rings. The molecule has 10 heteroatoms. The molecule has 0 fully saturated rings. The number of amides is 3. The van der Waals surface area contributed by atoms with Gasteiger partial charge in [-0.3, -0.25) is 9.59 Å². The molecule has 1 aromatic heterocycles. The number of anilines is 1. The number of nitrogens with zero attached hydrogens (tertiary/aromatic N) is 4. The maximum absolute atomic E-state index is 15.0. The Morgan fingerprint density at radius 3 is 2.67 bits per heavy atom. The van der Waals surface area contributed by atoms with Gasteiger partial charge in [-0.2, -0.15) is 5.10 Å². The summed E-state index contributed by atoms with van der Waals surface area (Å²) >= 11 is 0. The number of aromatic nitrogens is 2. The van der Waals surface area contributed by atoms with Gasteiger partial charge in [0.05, 0.1) is 11.3 Å². The Hall–Kier alpha value is -4.21. The van der Waals surface area contributed by atoms with E-state index in [9.17, 15) is 18.8 Å². The lowest BCUT2D eigenvalue weighted by Gasteiger charge is -2.29. The Morgan fingerprint density at radius 1 is 1.18 bits per heavy atom. The summed E-state index contributed by atoms with van der Waals surface area (Å²) in [6.45, 7) is 1.52. The van der Waals surface area contributed by atoms with Gasteiger partial charge in [0.2, 0.25) is 0 Å². The van der Waals surface area contributed by atoms with Crippen molar-refractivity contribution < 1.29 is 23.9 Å². The van der Waals surface area contributed by atoms with Gasteiger partial charge >= 0.3 is 12.0 Å². The predicted octanol–water partition coefficient (Wildman–Crippen LogP) is 2.66. The number of para-hydroxylation sites is 1. The highest BCUT2D eigenvalue weighted by atomic mass is 19.1. The molecule has 2 heterocycles. The third-order valence-electron chi connectivity index (χ3n) is 5.45. The summed E-state index contributed by atoms with van der Waals surface area (Å²) in [5.74, 6) is -2.37. The van der Waals surface area contributed by atoms with Crippen molar-refractivity contribution in [2.45, 2.75) is 19.5 Å². The maximum Gasteiger partial charge on any atom is 0.323 e. The normalized spacial score (nSPS) is 15.5. The van der Waals surface area contributed by atoms with Crippen LogP contribution in [0.25, 0.3) is 5.69 Å². The molecule has 170 valence electrons. The van der Waals surface area contributed by atoms with Gasteiger partial charge in [0.15, 0.2) is 0 Å². The molecule has 1 atom stereocenters. The second-order valence-corrected chi connectivity index (χ2v) is 7.69. The van der Waals surface area contributed by atoms with Crippen molar-refractivity contribution in [3.05, 3.63) is 77.9 Å². The van der Waals surface area contributed by atoms with E-state index in [1.165, 1.54) is 26.6 Å². The molecular formula is C23H22FN5O4. The van der Waals surface area contributed by atoms with E-state index < -0.39 is 36.3 Å². The van der Waals surface area contributed by atoms with Gasteiger partial charge in [-0.25, -0.2) is 13.9 Å². The molecule has 4 rings (SSSR count). The number of carbonyl (C=O) groups excluding carboxylic acids is 2. The van der Waals surface area contributed by atoms with Gasteiger partial charge in [0.1, 0.15) is 12.4 Å². The highest BCUT2D eigenvalue weighted by Crippen LogP contribution is 2.29. The van der Waals surface area contributed by atoms with Gasteiger partial charge in [-0.1, -0.05) is 18.2 Å². The first-order valence-corrected chi connectivity index (χ1v) is 10.3. The first kappa shape index (κ1) is 22.0. The molecule has 0 radical (unpaired) electrons. The van der Waals surface area contributed by atoms with Gasteiger partial charge < -0.3 is 20.2 Å². The Kier molecular flexibility index (Phi) is 6.07. The standard InChI is InChI=1S/C23H22FN5O4/c1-15-13-28(22(32)18-8-7-17(11-19(18)24)29-10-4-9-26-29)20-6-3-2-5-16(20)14-27(15)23(33)25-12-21(30)31/h2-11,15H,12-14H2,1H3,(H,25,33)(H,30,31)/t15-/m1/s1. The number of hydrogen-bond acceptors (Lipinski definition) is 4. The van der Waals surface area contributed by atoms with Crippen LogP contribution in [0.1, 0.15) is 22.8 Å². The van der Waals surface area contributed by atoms with Crippen LogP contribution in [0.3, 0.4) is 0 Å². The van der Waals surface area contributed by atoms with E-state index >= 15 is 0 Å². The van der Waals surface area contributed by atoms with Crippen LogP contribution in [0.4, 0.5) is 14.9 Å². The van der Waals surface area contributed by atoms with Gasteiger partial charge in [0.25, 0.3) is 5.91 Å². The summed E-state index contributed by atoms with van der Waals surface area (Å²) in [5.41, 5.74) is 1.64. The van der Waals surface area contributed by atoms with Crippen molar-refractivity contribution in [3.63, 3.8) is 0 Å².